The average molecular weight is 325 g/mol. The first kappa shape index (κ1) is 15.9. The maximum atomic E-state index is 11.3. The number of nitrogens with one attached hydrogen (secondary N) is 1. The van der Waals surface area contributed by atoms with Crippen molar-refractivity contribution in [1.29, 1.82) is 0 Å². The Morgan fingerprint density at radius 3 is 2.71 bits per heavy atom. The molecule has 0 bridgehead atoms. The van der Waals surface area contributed by atoms with Crippen LogP contribution in [0.5, 0.6) is 11.6 Å². The highest BCUT2D eigenvalue weighted by molar-refractivity contribution is 5.72. The maximum Gasteiger partial charge on any atom is 0.314 e. The van der Waals surface area contributed by atoms with Crippen LogP contribution in [0.1, 0.15) is 18.4 Å². The van der Waals surface area contributed by atoms with Gasteiger partial charge in [0.05, 0.1) is 0 Å². The molecule has 0 atom stereocenters. The normalized spacial score (nSPS) is 14.3. The first-order chi connectivity index (χ1) is 11.6. The highest BCUT2D eigenvalue weighted by Gasteiger charge is 2.16. The number of aromatic nitrogens is 1. The Hall–Kier alpha value is -3.02. The zero-order chi connectivity index (χ0) is 16.9. The molecule has 2 amide bonds. The lowest BCUT2D eigenvalue weighted by molar-refractivity contribution is 0.203. The van der Waals surface area contributed by atoms with Crippen LogP contribution in [0.25, 0.3) is 6.08 Å². The second-order valence-electron chi connectivity index (χ2n) is 5.69. The number of H-pyrrole nitrogens is 1. The molecule has 3 N–H and O–H groups in total. The molecule has 6 nitrogen and oxygen atoms in total. The Labute approximate surface area is 139 Å². The summed E-state index contributed by atoms with van der Waals surface area (Å²) in [5.74, 6) is 1.06. The Morgan fingerprint density at radius 2 is 2.00 bits per heavy atom. The monoisotopic (exact) mass is 325 g/mol. The lowest BCUT2D eigenvalue weighted by atomic mass is 10.0. The predicted octanol–water partition coefficient (Wildman–Crippen LogP) is 2.73. The molecular formula is C18H19N3O3. The van der Waals surface area contributed by atoms with Crippen LogP contribution in [0, 0.1) is 0 Å². The summed E-state index contributed by atoms with van der Waals surface area (Å²) in [5, 5.41) is 0. The Kier molecular flexibility index (Phi) is 4.65. The van der Waals surface area contributed by atoms with Crippen LogP contribution in [-0.2, 0) is 0 Å². The van der Waals surface area contributed by atoms with Crippen LogP contribution in [0.15, 0.2) is 53.0 Å². The van der Waals surface area contributed by atoms with E-state index in [1.165, 1.54) is 17.7 Å². The second-order valence-corrected chi connectivity index (χ2v) is 5.69. The molecule has 6 heteroatoms. The van der Waals surface area contributed by atoms with Crippen molar-refractivity contribution in [2.75, 3.05) is 13.1 Å². The van der Waals surface area contributed by atoms with E-state index in [1.54, 1.807) is 11.1 Å². The molecule has 3 rings (SSSR count). The van der Waals surface area contributed by atoms with Gasteiger partial charge in [-0.1, -0.05) is 23.8 Å². The minimum Gasteiger partial charge on any atom is -0.441 e. The van der Waals surface area contributed by atoms with Crippen molar-refractivity contribution in [3.8, 4) is 11.6 Å². The number of nitrogens with zero attached hydrogens (tertiary/aromatic N) is 1. The standard InChI is InChI=1S/C18H19N3O3/c19-18(23)21-8-5-13(6-9-21)10-14-2-1-3-16(11-14)24-17-12-15(22)4-7-20-17/h1-4,7,10-12H,5-6,8-9H2,(H2,19,23)(H,20,22). The third-order valence-corrected chi connectivity index (χ3v) is 3.92. The van der Waals surface area contributed by atoms with Gasteiger partial charge in [-0.3, -0.25) is 4.79 Å². The van der Waals surface area contributed by atoms with Gasteiger partial charge in [0.25, 0.3) is 0 Å². The number of nitrogens with two attached hydrogens (primary N) is 1. The van der Waals surface area contributed by atoms with E-state index < -0.39 is 0 Å². The average Bonchev–Trinajstić information content (AvgIpc) is 2.56. The fraction of sp³-hybridized carbons (Fsp3) is 0.222. The van der Waals surface area contributed by atoms with Gasteiger partial charge >= 0.3 is 6.03 Å². The van der Waals surface area contributed by atoms with E-state index >= 15 is 0 Å². The molecule has 2 heterocycles. The molecule has 1 aromatic carbocycles. The van der Waals surface area contributed by atoms with Crippen LogP contribution >= 0.6 is 0 Å². The minimum atomic E-state index is -0.360. The molecule has 0 radical (unpaired) electrons. The van der Waals surface area contributed by atoms with Gasteiger partial charge < -0.3 is 20.4 Å². The number of carbonyl (C=O) groups excluding carboxylic acids is 1. The SMILES string of the molecule is NC(=O)N1CCC(=Cc2cccc(Oc3cc(=O)cc[nH]3)c2)CC1. The van der Waals surface area contributed by atoms with Gasteiger partial charge in [-0.25, -0.2) is 4.79 Å². The largest absolute Gasteiger partial charge is 0.441 e. The summed E-state index contributed by atoms with van der Waals surface area (Å²) in [4.78, 5) is 27.0. The molecule has 24 heavy (non-hydrogen) atoms. The lowest BCUT2D eigenvalue weighted by Gasteiger charge is -2.26. The van der Waals surface area contributed by atoms with Gasteiger partial charge in [0, 0.05) is 31.4 Å². The number of piperidine rings is 1. The van der Waals surface area contributed by atoms with Gasteiger partial charge in [-0.15, -0.1) is 0 Å². The number of primary amides is 1. The van der Waals surface area contributed by atoms with E-state index in [9.17, 15) is 9.59 Å². The topological polar surface area (TPSA) is 88.4 Å². The fourth-order valence-corrected chi connectivity index (χ4v) is 2.67. The quantitative estimate of drug-likeness (QED) is 0.909. The number of urea groups is 1. The van der Waals surface area contributed by atoms with Crippen molar-refractivity contribution < 1.29 is 9.53 Å². The van der Waals surface area contributed by atoms with Crippen LogP contribution in [0.4, 0.5) is 4.79 Å². The third kappa shape index (κ3) is 4.04. The van der Waals surface area contributed by atoms with Gasteiger partial charge in [-0.05, 0) is 30.5 Å². The summed E-state index contributed by atoms with van der Waals surface area (Å²) in [6, 6.07) is 10.1. The van der Waals surface area contributed by atoms with Crippen molar-refractivity contribution in [2.45, 2.75) is 12.8 Å². The van der Waals surface area contributed by atoms with Crippen LogP contribution < -0.4 is 15.9 Å². The number of aromatic amines is 1. The first-order valence-electron chi connectivity index (χ1n) is 7.81. The number of benzene rings is 1. The van der Waals surface area contributed by atoms with Crippen LogP contribution in [0.2, 0.25) is 0 Å². The molecule has 1 aliphatic heterocycles. The molecule has 0 unspecified atom stereocenters. The molecular weight excluding hydrogens is 306 g/mol. The molecule has 1 aromatic heterocycles. The molecule has 0 spiro atoms. The molecule has 1 fully saturated rings. The summed E-state index contributed by atoms with van der Waals surface area (Å²) < 4.78 is 5.68. The third-order valence-electron chi connectivity index (χ3n) is 3.92. The number of pyridine rings is 1. The van der Waals surface area contributed by atoms with Crippen molar-refractivity contribution in [2.24, 2.45) is 5.73 Å². The number of ether oxygens (including phenoxy) is 1. The van der Waals surface area contributed by atoms with E-state index in [2.05, 4.69) is 11.1 Å². The summed E-state index contributed by atoms with van der Waals surface area (Å²) in [5.41, 5.74) is 7.48. The zero-order valence-electron chi connectivity index (χ0n) is 13.2. The summed E-state index contributed by atoms with van der Waals surface area (Å²) >= 11 is 0. The molecule has 0 saturated carbocycles. The van der Waals surface area contributed by atoms with E-state index in [-0.39, 0.29) is 11.5 Å². The highest BCUT2D eigenvalue weighted by atomic mass is 16.5. The van der Waals surface area contributed by atoms with Crippen molar-refractivity contribution >= 4 is 12.1 Å². The number of hydrogen-bond acceptors (Lipinski definition) is 3. The van der Waals surface area contributed by atoms with Crippen molar-refractivity contribution in [3.05, 3.63) is 64.0 Å². The summed E-state index contributed by atoms with van der Waals surface area (Å²) in [6.45, 7) is 1.31. The highest BCUT2D eigenvalue weighted by Crippen LogP contribution is 2.23. The Balaban J connectivity index is 1.70. The summed E-state index contributed by atoms with van der Waals surface area (Å²) in [6.07, 6.45) is 5.30. The number of carbonyl (C=O) groups is 1. The minimum absolute atomic E-state index is 0.108. The van der Waals surface area contributed by atoms with E-state index in [1.807, 2.05) is 24.3 Å². The van der Waals surface area contributed by atoms with Gasteiger partial charge in [0.15, 0.2) is 5.43 Å². The van der Waals surface area contributed by atoms with E-state index in [0.717, 1.165) is 18.4 Å². The smallest absolute Gasteiger partial charge is 0.314 e. The van der Waals surface area contributed by atoms with E-state index in [0.29, 0.717) is 24.7 Å². The Bertz CT molecular complexity index is 816. The molecule has 1 aliphatic rings. The zero-order valence-corrected chi connectivity index (χ0v) is 13.2. The number of amides is 2. The number of rotatable bonds is 3. The lowest BCUT2D eigenvalue weighted by Crippen LogP contribution is -2.39. The number of hydrogen-bond donors (Lipinski definition) is 2. The van der Waals surface area contributed by atoms with Crippen molar-refractivity contribution in [1.82, 2.24) is 9.88 Å². The van der Waals surface area contributed by atoms with Gasteiger partial charge in [0.1, 0.15) is 5.75 Å². The maximum absolute atomic E-state index is 11.3. The molecule has 1 saturated heterocycles. The Morgan fingerprint density at radius 1 is 1.21 bits per heavy atom. The van der Waals surface area contributed by atoms with Crippen LogP contribution in [-0.4, -0.2) is 29.0 Å². The predicted molar refractivity (Wildman–Crippen MR) is 91.9 cm³/mol. The van der Waals surface area contributed by atoms with Gasteiger partial charge in [0.2, 0.25) is 5.88 Å². The first-order valence-corrected chi connectivity index (χ1v) is 7.81. The fourth-order valence-electron chi connectivity index (χ4n) is 2.67. The van der Waals surface area contributed by atoms with Crippen molar-refractivity contribution in [3.63, 3.8) is 0 Å². The number of likely N-dealkylation sites (tertiary alicyclic amines) is 1. The second kappa shape index (κ2) is 7.04. The van der Waals surface area contributed by atoms with Crippen LogP contribution in [0.3, 0.4) is 0 Å². The van der Waals surface area contributed by atoms with E-state index in [4.69, 9.17) is 10.5 Å². The van der Waals surface area contributed by atoms with Gasteiger partial charge in [-0.2, -0.15) is 0 Å². The summed E-state index contributed by atoms with van der Waals surface area (Å²) in [7, 11) is 0. The molecule has 124 valence electrons. The molecule has 2 aromatic rings. The molecule has 0 aliphatic carbocycles.